The van der Waals surface area contributed by atoms with E-state index in [0.29, 0.717) is 17.7 Å². The highest BCUT2D eigenvalue weighted by Crippen LogP contribution is 2.43. The molecule has 29 heavy (non-hydrogen) atoms. The molecule has 156 valence electrons. The lowest BCUT2D eigenvalue weighted by Crippen LogP contribution is -2.38. The molecule has 0 bridgehead atoms. The summed E-state index contributed by atoms with van der Waals surface area (Å²) in [6.45, 7) is 0. The molecule has 0 spiro atoms. The number of hydrogen-bond donors (Lipinski definition) is 1. The molecule has 1 amide bonds. The van der Waals surface area contributed by atoms with Crippen LogP contribution >= 0.6 is 11.6 Å². The fourth-order valence-corrected chi connectivity index (χ4v) is 3.21. The van der Waals surface area contributed by atoms with Gasteiger partial charge in [0.1, 0.15) is 5.75 Å². The second kappa shape index (κ2) is 7.01. The van der Waals surface area contributed by atoms with Crippen LogP contribution in [0.2, 0.25) is 5.02 Å². The van der Waals surface area contributed by atoms with Crippen LogP contribution in [0.3, 0.4) is 0 Å². The molecule has 1 N–H and O–H groups in total. The molecule has 0 fully saturated rings. The van der Waals surface area contributed by atoms with Gasteiger partial charge < -0.3 is 9.84 Å². The van der Waals surface area contributed by atoms with Crippen molar-refractivity contribution in [1.82, 2.24) is 4.90 Å². The lowest BCUT2D eigenvalue weighted by Gasteiger charge is -2.20. The van der Waals surface area contributed by atoms with Gasteiger partial charge in [-0.2, -0.15) is 26.3 Å². The second-order valence-corrected chi connectivity index (χ2v) is 6.82. The Hall–Kier alpha value is -2.62. The molecule has 0 aliphatic carbocycles. The van der Waals surface area contributed by atoms with Crippen LogP contribution < -0.4 is 4.74 Å². The van der Waals surface area contributed by atoms with Crippen LogP contribution in [-0.2, 0) is 18.8 Å². The Bertz CT molecular complexity index is 941. The Morgan fingerprint density at radius 2 is 1.55 bits per heavy atom. The number of fused-ring (bicyclic) bond motifs is 1. The molecule has 4 nitrogen and oxygen atoms in total. The van der Waals surface area contributed by atoms with Crippen LogP contribution in [0.15, 0.2) is 30.3 Å². The standard InChI is InChI=1S/C18H12ClF6NO3/c1-26(16(27)28)14-6-10-2-8(5-13(19)15(10)29-14)9-3-11(17(20,21)22)7-12(4-9)18(23,24)25/h2-5,7,14H,6H2,1H3,(H,27,28). The summed E-state index contributed by atoms with van der Waals surface area (Å²) in [7, 11) is 1.26. The second-order valence-electron chi connectivity index (χ2n) is 6.41. The number of nitrogens with zero attached hydrogens (tertiary/aromatic N) is 1. The van der Waals surface area contributed by atoms with Crippen LogP contribution in [0, 0.1) is 0 Å². The summed E-state index contributed by atoms with van der Waals surface area (Å²) >= 11 is 6.10. The average Bonchev–Trinajstić information content (AvgIpc) is 3.03. The number of hydrogen-bond acceptors (Lipinski definition) is 2. The molecule has 2 aromatic rings. The highest BCUT2D eigenvalue weighted by molar-refractivity contribution is 6.32. The number of amides is 1. The summed E-state index contributed by atoms with van der Waals surface area (Å²) in [5.74, 6) is 0.136. The summed E-state index contributed by atoms with van der Waals surface area (Å²) in [6.07, 6.45) is -12.1. The minimum Gasteiger partial charge on any atom is -0.468 e. The van der Waals surface area contributed by atoms with E-state index < -0.39 is 35.8 Å². The van der Waals surface area contributed by atoms with Gasteiger partial charge in [0.25, 0.3) is 0 Å². The monoisotopic (exact) mass is 439 g/mol. The van der Waals surface area contributed by atoms with Gasteiger partial charge in [0, 0.05) is 19.0 Å². The third kappa shape index (κ3) is 4.21. The molecule has 1 heterocycles. The van der Waals surface area contributed by atoms with Crippen LogP contribution in [0.4, 0.5) is 31.1 Å². The maximum atomic E-state index is 13.1. The lowest BCUT2D eigenvalue weighted by atomic mass is 9.97. The minimum absolute atomic E-state index is 0.0209. The van der Waals surface area contributed by atoms with Gasteiger partial charge in [0.15, 0.2) is 6.23 Å². The normalized spacial score (nSPS) is 16.3. The van der Waals surface area contributed by atoms with E-state index in [1.54, 1.807) is 0 Å². The summed E-state index contributed by atoms with van der Waals surface area (Å²) < 4.78 is 84.0. The molecule has 11 heteroatoms. The Morgan fingerprint density at radius 1 is 1.03 bits per heavy atom. The number of alkyl halides is 6. The van der Waals surface area contributed by atoms with Gasteiger partial charge in [-0.25, -0.2) is 4.79 Å². The summed E-state index contributed by atoms with van der Waals surface area (Å²) in [4.78, 5) is 12.0. The number of rotatable bonds is 2. The number of ether oxygens (including phenoxy) is 1. The Balaban J connectivity index is 2.08. The first-order valence-electron chi connectivity index (χ1n) is 8.02. The SMILES string of the molecule is CN(C(=O)O)C1Cc2cc(-c3cc(C(F)(F)F)cc(C(F)(F)F)c3)cc(Cl)c2O1. The first kappa shape index (κ1) is 21.1. The van der Waals surface area contributed by atoms with E-state index in [2.05, 4.69) is 0 Å². The van der Waals surface area contributed by atoms with Crippen molar-refractivity contribution >= 4 is 17.7 Å². The summed E-state index contributed by atoms with van der Waals surface area (Å²) in [5, 5.41) is 8.99. The fourth-order valence-electron chi connectivity index (χ4n) is 2.93. The van der Waals surface area contributed by atoms with Gasteiger partial charge in [-0.1, -0.05) is 11.6 Å². The zero-order chi connectivity index (χ0) is 21.7. The van der Waals surface area contributed by atoms with Crippen molar-refractivity contribution in [2.75, 3.05) is 7.05 Å². The molecule has 1 unspecified atom stereocenters. The quantitative estimate of drug-likeness (QED) is 0.591. The van der Waals surface area contributed by atoms with Crippen LogP contribution in [0.1, 0.15) is 16.7 Å². The lowest BCUT2D eigenvalue weighted by molar-refractivity contribution is -0.143. The maximum absolute atomic E-state index is 13.1. The molecule has 1 aliphatic rings. The summed E-state index contributed by atoms with van der Waals surface area (Å²) in [5.41, 5.74) is -2.83. The third-order valence-electron chi connectivity index (χ3n) is 4.42. The molecule has 3 rings (SSSR count). The predicted octanol–water partition coefficient (Wildman–Crippen LogP) is 5.92. The van der Waals surface area contributed by atoms with Gasteiger partial charge in [0.2, 0.25) is 0 Å². The number of carbonyl (C=O) groups is 1. The van der Waals surface area contributed by atoms with Gasteiger partial charge in [-0.15, -0.1) is 0 Å². The molecule has 2 aromatic carbocycles. The van der Waals surface area contributed by atoms with Crippen molar-refractivity contribution in [2.45, 2.75) is 25.0 Å². The van der Waals surface area contributed by atoms with Crippen molar-refractivity contribution in [1.29, 1.82) is 0 Å². The highest BCUT2D eigenvalue weighted by atomic mass is 35.5. The molecule has 0 saturated heterocycles. The zero-order valence-corrected chi connectivity index (χ0v) is 15.3. The van der Waals surface area contributed by atoms with E-state index in [9.17, 15) is 31.1 Å². The number of benzene rings is 2. The number of carboxylic acid groups (broad SMARTS) is 1. The van der Waals surface area contributed by atoms with Crippen molar-refractivity contribution < 1.29 is 41.0 Å². The molecular weight excluding hydrogens is 428 g/mol. The van der Waals surface area contributed by atoms with Gasteiger partial charge >= 0.3 is 18.4 Å². The van der Waals surface area contributed by atoms with Gasteiger partial charge in [0.05, 0.1) is 16.1 Å². The Morgan fingerprint density at radius 3 is 2.03 bits per heavy atom. The average molecular weight is 440 g/mol. The predicted molar refractivity (Wildman–Crippen MR) is 90.8 cm³/mol. The van der Waals surface area contributed by atoms with E-state index in [0.717, 1.165) is 4.90 Å². The van der Waals surface area contributed by atoms with E-state index in [-0.39, 0.29) is 34.4 Å². The Kier molecular flexibility index (Phi) is 5.10. The Labute approximate surface area is 165 Å². The van der Waals surface area contributed by atoms with Gasteiger partial charge in [-0.3, -0.25) is 4.90 Å². The smallest absolute Gasteiger partial charge is 0.416 e. The third-order valence-corrected chi connectivity index (χ3v) is 4.70. The highest BCUT2D eigenvalue weighted by Gasteiger charge is 2.37. The molecule has 0 radical (unpaired) electrons. The molecule has 0 saturated carbocycles. The van der Waals surface area contributed by atoms with Crippen molar-refractivity contribution in [3.05, 3.63) is 52.0 Å². The van der Waals surface area contributed by atoms with E-state index >= 15 is 0 Å². The van der Waals surface area contributed by atoms with Crippen LogP contribution in [0.5, 0.6) is 5.75 Å². The summed E-state index contributed by atoms with van der Waals surface area (Å²) in [6, 6.07) is 3.76. The topological polar surface area (TPSA) is 49.8 Å². The number of likely N-dealkylation sites (N-methyl/N-ethyl adjacent to an activating group) is 1. The van der Waals surface area contributed by atoms with Crippen molar-refractivity contribution in [2.24, 2.45) is 0 Å². The van der Waals surface area contributed by atoms with Gasteiger partial charge in [-0.05, 0) is 41.5 Å². The van der Waals surface area contributed by atoms with E-state index in [4.69, 9.17) is 21.4 Å². The van der Waals surface area contributed by atoms with Crippen molar-refractivity contribution in [3.63, 3.8) is 0 Å². The maximum Gasteiger partial charge on any atom is 0.416 e. The van der Waals surface area contributed by atoms with E-state index in [1.807, 2.05) is 0 Å². The van der Waals surface area contributed by atoms with Crippen LogP contribution in [-0.4, -0.2) is 29.4 Å². The van der Waals surface area contributed by atoms with E-state index in [1.165, 1.54) is 19.2 Å². The van der Waals surface area contributed by atoms with Crippen LogP contribution in [0.25, 0.3) is 11.1 Å². The minimum atomic E-state index is -4.98. The first-order chi connectivity index (χ1) is 13.3. The fraction of sp³-hybridized carbons (Fsp3) is 0.278. The molecule has 1 aliphatic heterocycles. The number of halogens is 7. The van der Waals surface area contributed by atoms with Crippen molar-refractivity contribution in [3.8, 4) is 16.9 Å². The zero-order valence-electron chi connectivity index (χ0n) is 14.5. The first-order valence-corrected chi connectivity index (χ1v) is 8.40. The largest absolute Gasteiger partial charge is 0.468 e. The molecule has 0 aromatic heterocycles. The molecular formula is C18H12ClF6NO3. The molecule has 1 atom stereocenters.